The zero-order valence-electron chi connectivity index (χ0n) is 17.1. The Labute approximate surface area is 177 Å². The highest BCUT2D eigenvalue weighted by molar-refractivity contribution is 7.18. The summed E-state index contributed by atoms with van der Waals surface area (Å²) in [5.74, 6) is 0.895. The van der Waals surface area contributed by atoms with Crippen LogP contribution < -0.4 is 4.74 Å². The molecule has 0 aliphatic heterocycles. The third-order valence-corrected chi connectivity index (χ3v) is 5.67. The van der Waals surface area contributed by atoms with Crippen molar-refractivity contribution in [2.24, 2.45) is 0 Å². The van der Waals surface area contributed by atoms with Gasteiger partial charge in [-0.15, -0.1) is 0 Å². The Bertz CT molecular complexity index is 1020. The summed E-state index contributed by atoms with van der Waals surface area (Å²) in [6.07, 6.45) is 0. The predicted molar refractivity (Wildman–Crippen MR) is 125 cm³/mol. The van der Waals surface area contributed by atoms with E-state index in [1.807, 2.05) is 11.3 Å². The highest BCUT2D eigenvalue weighted by Crippen LogP contribution is 2.37. The maximum Gasteiger partial charge on any atom is 0.239 e. The summed E-state index contributed by atoms with van der Waals surface area (Å²) in [4.78, 5) is 2.52. The SMILES string of the molecule is CC(C)(C)Oc1ccc(-c2cc(-c3ccccc3)[s+]c(-c3ccccc3)c2)cc1. The first-order chi connectivity index (χ1) is 14.0. The van der Waals surface area contributed by atoms with Crippen molar-refractivity contribution in [2.75, 3.05) is 0 Å². The van der Waals surface area contributed by atoms with Crippen molar-refractivity contribution in [3.8, 4) is 37.8 Å². The van der Waals surface area contributed by atoms with E-state index in [-0.39, 0.29) is 5.60 Å². The molecule has 0 unspecified atom stereocenters. The van der Waals surface area contributed by atoms with Crippen LogP contribution in [0.25, 0.3) is 32.0 Å². The molecule has 0 radical (unpaired) electrons. The summed E-state index contributed by atoms with van der Waals surface area (Å²) in [5, 5.41) is 0. The molecule has 1 aromatic heterocycles. The fourth-order valence-corrected chi connectivity index (χ4v) is 4.34. The lowest BCUT2D eigenvalue weighted by molar-refractivity contribution is 0.131. The van der Waals surface area contributed by atoms with Gasteiger partial charge in [-0.3, -0.25) is 0 Å². The first kappa shape index (κ1) is 19.4. The molecule has 2 heteroatoms. The van der Waals surface area contributed by atoms with Crippen LogP contribution >= 0.6 is 11.3 Å². The average Bonchev–Trinajstić information content (AvgIpc) is 2.74. The van der Waals surface area contributed by atoms with Gasteiger partial charge in [0.2, 0.25) is 21.1 Å². The van der Waals surface area contributed by atoms with Gasteiger partial charge in [-0.1, -0.05) is 48.5 Å². The van der Waals surface area contributed by atoms with Gasteiger partial charge in [-0.2, -0.15) is 0 Å². The molecular formula is C27H25OS+. The first-order valence-electron chi connectivity index (χ1n) is 9.86. The van der Waals surface area contributed by atoms with E-state index in [2.05, 4.69) is 118 Å². The van der Waals surface area contributed by atoms with Crippen molar-refractivity contribution >= 4 is 11.3 Å². The van der Waals surface area contributed by atoms with E-state index in [4.69, 9.17) is 4.74 Å². The lowest BCUT2D eigenvalue weighted by Crippen LogP contribution is -2.22. The van der Waals surface area contributed by atoms with Gasteiger partial charge >= 0.3 is 0 Å². The molecule has 4 aromatic rings. The molecule has 0 aliphatic rings. The monoisotopic (exact) mass is 397 g/mol. The lowest BCUT2D eigenvalue weighted by Gasteiger charge is -2.21. The number of hydrogen-bond donors (Lipinski definition) is 0. The summed E-state index contributed by atoms with van der Waals surface area (Å²) in [6, 6.07) is 34.1. The van der Waals surface area contributed by atoms with E-state index in [0.717, 1.165) is 5.75 Å². The fraction of sp³-hybridized carbons (Fsp3) is 0.148. The van der Waals surface area contributed by atoms with Crippen LogP contribution in [-0.2, 0) is 0 Å². The Morgan fingerprint density at radius 3 is 1.48 bits per heavy atom. The molecule has 1 nitrogen and oxygen atoms in total. The molecule has 0 amide bonds. The molecule has 29 heavy (non-hydrogen) atoms. The van der Waals surface area contributed by atoms with Crippen molar-refractivity contribution in [1.29, 1.82) is 0 Å². The quantitative estimate of drug-likeness (QED) is 0.315. The second-order valence-corrected chi connectivity index (χ2v) is 9.13. The van der Waals surface area contributed by atoms with Crippen molar-refractivity contribution < 1.29 is 4.74 Å². The van der Waals surface area contributed by atoms with Crippen molar-refractivity contribution in [1.82, 2.24) is 0 Å². The van der Waals surface area contributed by atoms with Crippen molar-refractivity contribution in [3.63, 3.8) is 0 Å². The number of rotatable bonds is 4. The summed E-state index contributed by atoms with van der Waals surface area (Å²) >= 11 is 1.82. The lowest BCUT2D eigenvalue weighted by atomic mass is 10.0. The average molecular weight is 398 g/mol. The van der Waals surface area contributed by atoms with Gasteiger partial charge in [0.05, 0.1) is 0 Å². The molecular weight excluding hydrogens is 372 g/mol. The van der Waals surface area contributed by atoms with Gasteiger partial charge in [0.1, 0.15) is 11.4 Å². The molecule has 4 rings (SSSR count). The molecule has 3 aromatic carbocycles. The van der Waals surface area contributed by atoms with E-state index in [1.165, 1.54) is 32.0 Å². The van der Waals surface area contributed by atoms with Gasteiger partial charge in [0.15, 0.2) is 0 Å². The highest BCUT2D eigenvalue weighted by Gasteiger charge is 2.19. The molecule has 0 fully saturated rings. The van der Waals surface area contributed by atoms with E-state index < -0.39 is 0 Å². The smallest absolute Gasteiger partial charge is 0.239 e. The molecule has 0 spiro atoms. The van der Waals surface area contributed by atoms with E-state index in [1.54, 1.807) is 0 Å². The van der Waals surface area contributed by atoms with Gasteiger partial charge in [0.25, 0.3) is 0 Å². The van der Waals surface area contributed by atoms with Crippen LogP contribution in [0.2, 0.25) is 0 Å². The van der Waals surface area contributed by atoms with Gasteiger partial charge < -0.3 is 4.74 Å². The van der Waals surface area contributed by atoms with Crippen molar-refractivity contribution in [2.45, 2.75) is 26.4 Å². The normalized spacial score (nSPS) is 11.3. The Kier molecular flexibility index (Phi) is 5.46. The molecule has 0 aliphatic carbocycles. The number of hydrogen-bond acceptors (Lipinski definition) is 1. The van der Waals surface area contributed by atoms with Crippen LogP contribution in [0.4, 0.5) is 0 Å². The van der Waals surface area contributed by atoms with Gasteiger partial charge in [-0.05, 0) is 68.3 Å². The van der Waals surface area contributed by atoms with Crippen LogP contribution in [0.5, 0.6) is 5.75 Å². The van der Waals surface area contributed by atoms with Crippen LogP contribution in [0.15, 0.2) is 97.1 Å². The second-order valence-electron chi connectivity index (χ2n) is 8.05. The Morgan fingerprint density at radius 1 is 0.552 bits per heavy atom. The minimum Gasteiger partial charge on any atom is -0.488 e. The largest absolute Gasteiger partial charge is 0.488 e. The van der Waals surface area contributed by atoms with Crippen LogP contribution in [0.1, 0.15) is 20.8 Å². The van der Waals surface area contributed by atoms with Crippen LogP contribution in [0, 0.1) is 0 Å². The Hall–Kier alpha value is -2.97. The Balaban J connectivity index is 1.78. The van der Waals surface area contributed by atoms with E-state index >= 15 is 0 Å². The van der Waals surface area contributed by atoms with Gasteiger partial charge in [0, 0.05) is 23.3 Å². The summed E-state index contributed by atoms with van der Waals surface area (Å²) in [6.45, 7) is 6.20. The molecule has 0 saturated heterocycles. The van der Waals surface area contributed by atoms with Crippen LogP contribution in [0.3, 0.4) is 0 Å². The summed E-state index contributed by atoms with van der Waals surface area (Å²) in [7, 11) is 0. The zero-order chi connectivity index (χ0) is 20.3. The molecule has 0 saturated carbocycles. The molecule has 1 heterocycles. The summed E-state index contributed by atoms with van der Waals surface area (Å²) < 4.78 is 5.98. The first-order valence-corrected chi connectivity index (χ1v) is 10.7. The minimum atomic E-state index is -0.198. The van der Waals surface area contributed by atoms with E-state index in [9.17, 15) is 0 Å². The summed E-state index contributed by atoms with van der Waals surface area (Å²) in [5.41, 5.74) is 4.68. The van der Waals surface area contributed by atoms with Crippen molar-refractivity contribution in [3.05, 3.63) is 97.1 Å². The van der Waals surface area contributed by atoms with E-state index in [0.29, 0.717) is 0 Å². The Morgan fingerprint density at radius 2 is 1.03 bits per heavy atom. The maximum atomic E-state index is 5.98. The molecule has 0 bridgehead atoms. The topological polar surface area (TPSA) is 9.23 Å². The second kappa shape index (κ2) is 8.18. The highest BCUT2D eigenvalue weighted by atomic mass is 32.1. The number of ether oxygens (including phenoxy) is 1. The maximum absolute atomic E-state index is 5.98. The predicted octanol–water partition coefficient (Wildman–Crippen LogP) is 8.21. The standard InChI is InChI=1S/C27H25OS/c1-27(2,3)28-24-16-14-20(15-17-24)23-18-25(21-10-6-4-7-11-21)29-26(19-23)22-12-8-5-9-13-22/h4-19H,1-3H3/q+1. The molecule has 0 atom stereocenters. The zero-order valence-corrected chi connectivity index (χ0v) is 17.9. The third kappa shape index (κ3) is 4.90. The fourth-order valence-electron chi connectivity index (χ4n) is 3.23. The van der Waals surface area contributed by atoms with Gasteiger partial charge in [-0.25, -0.2) is 0 Å². The van der Waals surface area contributed by atoms with Crippen LogP contribution in [-0.4, -0.2) is 5.60 Å². The minimum absolute atomic E-state index is 0.198. The number of benzene rings is 3. The molecule has 0 N–H and O–H groups in total. The third-order valence-electron chi connectivity index (χ3n) is 4.52. The molecule has 144 valence electrons.